The van der Waals surface area contributed by atoms with Gasteiger partial charge in [0.05, 0.1) is 30.1 Å². The Hall–Kier alpha value is -2.93. The molecular formula is C18H18N4O3. The van der Waals surface area contributed by atoms with Crippen LogP contribution >= 0.6 is 0 Å². The molecule has 7 heteroatoms. The van der Waals surface area contributed by atoms with Crippen LogP contribution in [-0.2, 0) is 11.3 Å². The Kier molecular flexibility index (Phi) is 4.07. The second-order valence-electron chi connectivity index (χ2n) is 6.13. The molecule has 0 bridgehead atoms. The highest BCUT2D eigenvalue weighted by Crippen LogP contribution is 2.18. The summed E-state index contributed by atoms with van der Waals surface area (Å²) in [5.41, 5.74) is 1.26. The molecule has 7 nitrogen and oxygen atoms in total. The van der Waals surface area contributed by atoms with Crippen molar-refractivity contribution in [1.82, 2.24) is 14.8 Å². The van der Waals surface area contributed by atoms with E-state index in [-0.39, 0.29) is 17.6 Å². The van der Waals surface area contributed by atoms with Crippen LogP contribution < -0.4 is 10.9 Å². The van der Waals surface area contributed by atoms with Gasteiger partial charge in [-0.15, -0.1) is 0 Å². The number of hydrogen-bond acceptors (Lipinski definition) is 4. The highest BCUT2D eigenvalue weighted by molar-refractivity contribution is 6.12. The molecule has 1 aromatic carbocycles. The molecular weight excluding hydrogens is 320 g/mol. The molecule has 0 saturated carbocycles. The fourth-order valence-electron chi connectivity index (χ4n) is 3.12. The van der Waals surface area contributed by atoms with E-state index >= 15 is 0 Å². The van der Waals surface area contributed by atoms with Gasteiger partial charge in [0.15, 0.2) is 0 Å². The molecule has 25 heavy (non-hydrogen) atoms. The monoisotopic (exact) mass is 338 g/mol. The molecule has 0 radical (unpaired) electrons. The molecule has 3 heterocycles. The fraction of sp³-hybridized carbons (Fsp3) is 0.278. The van der Waals surface area contributed by atoms with E-state index in [4.69, 9.17) is 4.74 Å². The molecule has 3 aromatic rings. The summed E-state index contributed by atoms with van der Waals surface area (Å²) in [5.74, 6) is -0.334. The molecule has 0 unspecified atom stereocenters. The zero-order valence-corrected chi connectivity index (χ0v) is 13.6. The standard InChI is InChI=1S/C18H18N4O3/c23-17-8-15(14-5-1-2-6-16(14)21-17)18(24)20-12-9-19-22(10-12)11-13-4-3-7-25-13/h1-2,5-6,8-10,13H,3-4,7,11H2,(H,20,24)(H,21,23)/t13-/m0/s1. The second-order valence-corrected chi connectivity index (χ2v) is 6.13. The van der Waals surface area contributed by atoms with Gasteiger partial charge < -0.3 is 15.0 Å². The summed E-state index contributed by atoms with van der Waals surface area (Å²) < 4.78 is 7.36. The van der Waals surface area contributed by atoms with E-state index in [0.717, 1.165) is 19.4 Å². The van der Waals surface area contributed by atoms with Crippen molar-refractivity contribution in [2.75, 3.05) is 11.9 Å². The molecule has 0 spiro atoms. The number of nitrogens with one attached hydrogen (secondary N) is 2. The number of amides is 1. The number of carbonyl (C=O) groups excluding carboxylic acids is 1. The molecule has 2 N–H and O–H groups in total. The van der Waals surface area contributed by atoms with Crippen LogP contribution in [0.4, 0.5) is 5.69 Å². The van der Waals surface area contributed by atoms with Gasteiger partial charge in [-0.2, -0.15) is 5.10 Å². The Labute approximate surface area is 143 Å². The maximum absolute atomic E-state index is 12.6. The van der Waals surface area contributed by atoms with Gasteiger partial charge in [0.25, 0.3) is 5.91 Å². The molecule has 0 aliphatic carbocycles. The summed E-state index contributed by atoms with van der Waals surface area (Å²) in [5, 5.41) is 7.77. The number of H-pyrrole nitrogens is 1. The van der Waals surface area contributed by atoms with Crippen molar-refractivity contribution in [2.45, 2.75) is 25.5 Å². The fourth-order valence-corrected chi connectivity index (χ4v) is 3.12. The number of aromatic amines is 1. The second kappa shape index (κ2) is 6.52. The molecule has 1 aliphatic heterocycles. The Morgan fingerprint density at radius 2 is 2.28 bits per heavy atom. The number of benzene rings is 1. The van der Waals surface area contributed by atoms with Crippen LogP contribution in [0.1, 0.15) is 23.2 Å². The van der Waals surface area contributed by atoms with Crippen molar-refractivity contribution in [1.29, 1.82) is 0 Å². The Bertz CT molecular complexity index is 970. The van der Waals surface area contributed by atoms with Gasteiger partial charge in [0, 0.05) is 29.8 Å². The molecule has 128 valence electrons. The normalized spacial score (nSPS) is 17.0. The third-order valence-electron chi connectivity index (χ3n) is 4.30. The quantitative estimate of drug-likeness (QED) is 0.763. The van der Waals surface area contributed by atoms with Crippen LogP contribution in [0, 0.1) is 0 Å². The van der Waals surface area contributed by atoms with Crippen molar-refractivity contribution in [3.8, 4) is 0 Å². The van der Waals surface area contributed by atoms with Crippen LogP contribution in [-0.4, -0.2) is 33.4 Å². The maximum atomic E-state index is 12.6. The minimum absolute atomic E-state index is 0.181. The smallest absolute Gasteiger partial charge is 0.256 e. The number of pyridine rings is 1. The van der Waals surface area contributed by atoms with Crippen molar-refractivity contribution < 1.29 is 9.53 Å². The van der Waals surface area contributed by atoms with Crippen LogP contribution in [0.3, 0.4) is 0 Å². The minimum Gasteiger partial charge on any atom is -0.376 e. The zero-order valence-electron chi connectivity index (χ0n) is 13.6. The number of nitrogens with zero attached hydrogens (tertiary/aromatic N) is 2. The molecule has 4 rings (SSSR count). The van der Waals surface area contributed by atoms with Gasteiger partial charge in [0.1, 0.15) is 0 Å². The van der Waals surface area contributed by atoms with Crippen molar-refractivity contribution in [3.63, 3.8) is 0 Å². The highest BCUT2D eigenvalue weighted by Gasteiger charge is 2.17. The van der Waals surface area contributed by atoms with Crippen LogP contribution in [0.2, 0.25) is 0 Å². The molecule has 1 fully saturated rings. The zero-order chi connectivity index (χ0) is 17.2. The summed E-state index contributed by atoms with van der Waals surface area (Å²) in [4.78, 5) is 27.1. The van der Waals surface area contributed by atoms with E-state index in [2.05, 4.69) is 15.4 Å². The number of rotatable bonds is 4. The average Bonchev–Trinajstić information content (AvgIpc) is 3.26. The average molecular weight is 338 g/mol. The third kappa shape index (κ3) is 3.32. The predicted molar refractivity (Wildman–Crippen MR) is 93.7 cm³/mol. The molecule has 1 amide bonds. The third-order valence-corrected chi connectivity index (χ3v) is 4.30. The summed E-state index contributed by atoms with van der Waals surface area (Å²) in [6.07, 6.45) is 5.66. The summed E-state index contributed by atoms with van der Waals surface area (Å²) in [6.45, 7) is 1.47. The first-order valence-corrected chi connectivity index (χ1v) is 8.26. The van der Waals surface area contributed by atoms with Gasteiger partial charge in [-0.25, -0.2) is 0 Å². The Morgan fingerprint density at radius 1 is 1.40 bits per heavy atom. The Morgan fingerprint density at radius 3 is 3.12 bits per heavy atom. The number of aromatic nitrogens is 3. The predicted octanol–water partition coefficient (Wildman–Crippen LogP) is 2.16. The maximum Gasteiger partial charge on any atom is 0.256 e. The van der Waals surface area contributed by atoms with E-state index < -0.39 is 0 Å². The van der Waals surface area contributed by atoms with Gasteiger partial charge in [-0.05, 0) is 18.9 Å². The number of para-hydroxylation sites is 1. The van der Waals surface area contributed by atoms with Crippen LogP contribution in [0.15, 0.2) is 47.5 Å². The molecule has 1 atom stereocenters. The number of anilines is 1. The lowest BCUT2D eigenvalue weighted by Crippen LogP contribution is -2.17. The van der Waals surface area contributed by atoms with Gasteiger partial charge in [0.2, 0.25) is 5.56 Å². The van der Waals surface area contributed by atoms with Gasteiger partial charge >= 0.3 is 0 Å². The van der Waals surface area contributed by atoms with Gasteiger partial charge in [-0.1, -0.05) is 18.2 Å². The van der Waals surface area contributed by atoms with E-state index in [0.29, 0.717) is 28.7 Å². The topological polar surface area (TPSA) is 89.0 Å². The number of ether oxygens (including phenoxy) is 1. The van der Waals surface area contributed by atoms with Crippen LogP contribution in [0.25, 0.3) is 10.9 Å². The van der Waals surface area contributed by atoms with Crippen LogP contribution in [0.5, 0.6) is 0 Å². The van der Waals surface area contributed by atoms with Crippen molar-refractivity contribution in [3.05, 3.63) is 58.6 Å². The molecule has 1 saturated heterocycles. The van der Waals surface area contributed by atoms with Crippen molar-refractivity contribution in [2.24, 2.45) is 0 Å². The summed E-state index contributed by atoms with van der Waals surface area (Å²) >= 11 is 0. The molecule has 1 aliphatic rings. The number of fused-ring (bicyclic) bond motifs is 1. The lowest BCUT2D eigenvalue weighted by atomic mass is 10.1. The number of hydrogen-bond donors (Lipinski definition) is 2. The van der Waals surface area contributed by atoms with E-state index in [1.807, 2.05) is 12.1 Å². The first-order chi connectivity index (χ1) is 12.2. The highest BCUT2D eigenvalue weighted by atomic mass is 16.5. The first kappa shape index (κ1) is 15.6. The SMILES string of the molecule is O=C(Nc1cnn(C[C@@H]2CCCO2)c1)c1cc(=O)[nH]c2ccccc12. The van der Waals surface area contributed by atoms with E-state index in [1.54, 1.807) is 29.2 Å². The van der Waals surface area contributed by atoms with Gasteiger partial charge in [-0.3, -0.25) is 14.3 Å². The summed E-state index contributed by atoms with van der Waals surface area (Å²) in [6, 6.07) is 8.54. The van der Waals surface area contributed by atoms with Crippen molar-refractivity contribution >= 4 is 22.5 Å². The largest absolute Gasteiger partial charge is 0.376 e. The lowest BCUT2D eigenvalue weighted by Gasteiger charge is -2.08. The van der Waals surface area contributed by atoms with E-state index in [1.165, 1.54) is 6.07 Å². The minimum atomic E-state index is -0.334. The summed E-state index contributed by atoms with van der Waals surface area (Å²) in [7, 11) is 0. The van der Waals surface area contributed by atoms with E-state index in [9.17, 15) is 9.59 Å². The molecule has 2 aromatic heterocycles. The number of carbonyl (C=O) groups is 1. The Balaban J connectivity index is 1.54. The lowest BCUT2D eigenvalue weighted by molar-refractivity contribution is 0.0940. The first-order valence-electron chi connectivity index (χ1n) is 8.26.